The molecule has 1 aliphatic carbocycles. The molecule has 2 N–H and O–H groups in total. The van der Waals surface area contributed by atoms with E-state index in [1.165, 1.54) is 0 Å². The van der Waals surface area contributed by atoms with Gasteiger partial charge in [-0.2, -0.15) is 15.5 Å². The van der Waals surface area contributed by atoms with Crippen LogP contribution in [0.1, 0.15) is 5.56 Å². The van der Waals surface area contributed by atoms with Crippen LogP contribution in [0.3, 0.4) is 0 Å². The number of nitrogens with two attached hydrogens (primary N) is 1. The number of piperidine rings is 1. The Labute approximate surface area is 191 Å². The topological polar surface area (TPSA) is 101 Å². The molecule has 0 radical (unpaired) electrons. The van der Waals surface area contributed by atoms with Crippen LogP contribution in [0.25, 0.3) is 27.9 Å². The maximum atomic E-state index is 9.81. The van der Waals surface area contributed by atoms with E-state index in [1.807, 2.05) is 56.1 Å². The van der Waals surface area contributed by atoms with Crippen LogP contribution in [0.15, 0.2) is 49.1 Å². The number of anilines is 1. The molecular formula is C23H23ClN8. The number of halogens is 1. The minimum atomic E-state index is 0. The number of aromatic nitrogens is 5. The summed E-state index contributed by atoms with van der Waals surface area (Å²) in [7, 11) is 1.89. The van der Waals surface area contributed by atoms with E-state index in [-0.39, 0.29) is 12.4 Å². The molecule has 162 valence electrons. The molecule has 0 aromatic carbocycles. The highest BCUT2D eigenvalue weighted by atomic mass is 35.5. The molecule has 6 rings (SSSR count). The molecule has 1 saturated heterocycles. The van der Waals surface area contributed by atoms with Crippen LogP contribution >= 0.6 is 12.4 Å². The third-order valence-corrected chi connectivity index (χ3v) is 6.77. The largest absolute Gasteiger partial charge is 0.356 e. The van der Waals surface area contributed by atoms with Crippen molar-refractivity contribution < 1.29 is 0 Å². The summed E-state index contributed by atoms with van der Waals surface area (Å²) in [4.78, 5) is 7.02. The fourth-order valence-electron chi connectivity index (χ4n) is 5.00. The van der Waals surface area contributed by atoms with Crippen molar-refractivity contribution in [2.75, 3.05) is 24.5 Å². The van der Waals surface area contributed by atoms with Gasteiger partial charge in [0.1, 0.15) is 23.1 Å². The van der Waals surface area contributed by atoms with Crippen LogP contribution in [-0.4, -0.2) is 44.0 Å². The van der Waals surface area contributed by atoms with Crippen molar-refractivity contribution in [1.29, 1.82) is 5.26 Å². The molecule has 3 atom stereocenters. The lowest BCUT2D eigenvalue weighted by molar-refractivity contribution is 0.644. The molecule has 4 aromatic rings. The fraction of sp³-hybridized carbons (Fsp3) is 0.304. The van der Waals surface area contributed by atoms with Gasteiger partial charge in [-0.05, 0) is 42.5 Å². The quantitative estimate of drug-likeness (QED) is 0.517. The van der Waals surface area contributed by atoms with Crippen LogP contribution in [0, 0.1) is 29.1 Å². The molecule has 1 aliphatic heterocycles. The van der Waals surface area contributed by atoms with E-state index in [0.717, 1.165) is 59.5 Å². The predicted molar refractivity (Wildman–Crippen MR) is 124 cm³/mol. The van der Waals surface area contributed by atoms with E-state index in [2.05, 4.69) is 21.1 Å². The number of hydrogen-bond donors (Lipinski definition) is 1. The second kappa shape index (κ2) is 7.62. The van der Waals surface area contributed by atoms with E-state index in [0.29, 0.717) is 17.2 Å². The van der Waals surface area contributed by atoms with Gasteiger partial charge in [-0.15, -0.1) is 12.4 Å². The van der Waals surface area contributed by atoms with Gasteiger partial charge in [0.2, 0.25) is 0 Å². The lowest BCUT2D eigenvalue weighted by atomic mass is 10.1. The molecule has 9 heteroatoms. The van der Waals surface area contributed by atoms with Crippen molar-refractivity contribution in [3.8, 4) is 28.5 Å². The average Bonchev–Trinajstić information content (AvgIpc) is 3.20. The Bertz CT molecular complexity index is 1320. The molecule has 5 heterocycles. The summed E-state index contributed by atoms with van der Waals surface area (Å²) in [6, 6.07) is 10.3. The summed E-state index contributed by atoms with van der Waals surface area (Å²) in [5, 5.41) is 18.8. The molecule has 0 spiro atoms. The molecule has 8 nitrogen and oxygen atoms in total. The monoisotopic (exact) mass is 446 g/mol. The first-order valence-corrected chi connectivity index (χ1v) is 10.5. The second-order valence-corrected chi connectivity index (χ2v) is 8.52. The first kappa shape index (κ1) is 20.5. The van der Waals surface area contributed by atoms with Crippen LogP contribution in [0.5, 0.6) is 0 Å². The van der Waals surface area contributed by atoms with Crippen LogP contribution in [0.4, 0.5) is 5.82 Å². The zero-order valence-corrected chi connectivity index (χ0v) is 18.4. The molecule has 32 heavy (non-hydrogen) atoms. The molecule has 4 aromatic heterocycles. The van der Waals surface area contributed by atoms with Crippen molar-refractivity contribution in [1.82, 2.24) is 24.4 Å². The van der Waals surface area contributed by atoms with Gasteiger partial charge in [-0.25, -0.2) is 9.50 Å². The maximum absolute atomic E-state index is 9.81. The van der Waals surface area contributed by atoms with Crippen LogP contribution < -0.4 is 10.6 Å². The van der Waals surface area contributed by atoms with Gasteiger partial charge in [0.25, 0.3) is 0 Å². The van der Waals surface area contributed by atoms with Gasteiger partial charge in [0.05, 0.1) is 11.7 Å². The fourth-order valence-corrected chi connectivity index (χ4v) is 5.00. The second-order valence-electron chi connectivity index (χ2n) is 8.52. The maximum Gasteiger partial charge on any atom is 0.128 e. The van der Waals surface area contributed by atoms with Crippen molar-refractivity contribution in [3.05, 3.63) is 54.6 Å². The Morgan fingerprint density at radius 3 is 2.47 bits per heavy atom. The highest BCUT2D eigenvalue weighted by Crippen LogP contribution is 2.51. The van der Waals surface area contributed by atoms with Crippen molar-refractivity contribution in [2.24, 2.45) is 30.5 Å². The first-order valence-electron chi connectivity index (χ1n) is 10.5. The first-order chi connectivity index (χ1) is 15.2. The standard InChI is InChI=1S/C23H22N8.ClH/c1-29-10-16(9-27-29)15-2-4-21-18(7-25)23(28-31(21)11-15)14-3-5-22(26-8-14)30-12-19-17(6-24)20(19)13-30;/h2-5,8-11,17,19-20H,6,12-13,24H2,1H3;1H/t17?,19-,20+;. The zero-order chi connectivity index (χ0) is 21.1. The highest BCUT2D eigenvalue weighted by Gasteiger charge is 2.54. The number of pyridine rings is 2. The molecule has 0 amide bonds. The molecule has 2 aliphatic rings. The van der Waals surface area contributed by atoms with Gasteiger partial charge >= 0.3 is 0 Å². The SMILES string of the molecule is Cl.Cn1cc(-c2ccc3c(C#N)c(-c4ccc(N5C[C@@H]6C(CN)[C@@H]6C5)nc4)nn3c2)cn1. The Kier molecular flexibility index (Phi) is 4.88. The normalized spacial score (nSPS) is 21.3. The summed E-state index contributed by atoms with van der Waals surface area (Å²) >= 11 is 0. The van der Waals surface area contributed by atoms with Crippen LogP contribution in [-0.2, 0) is 7.05 Å². The Morgan fingerprint density at radius 1 is 1.06 bits per heavy atom. The minimum Gasteiger partial charge on any atom is -0.356 e. The summed E-state index contributed by atoms with van der Waals surface area (Å²) in [5.74, 6) is 3.13. The number of hydrogen-bond acceptors (Lipinski definition) is 6. The van der Waals surface area contributed by atoms with Crippen molar-refractivity contribution in [3.63, 3.8) is 0 Å². The number of nitrogens with zero attached hydrogens (tertiary/aromatic N) is 7. The molecule has 0 bridgehead atoms. The zero-order valence-electron chi connectivity index (χ0n) is 17.6. The number of rotatable bonds is 4. The third kappa shape index (κ3) is 3.13. The number of fused-ring (bicyclic) bond motifs is 2. The van der Waals surface area contributed by atoms with Gasteiger partial charge in [-0.3, -0.25) is 4.68 Å². The van der Waals surface area contributed by atoms with E-state index in [4.69, 9.17) is 10.8 Å². The average molecular weight is 447 g/mol. The van der Waals surface area contributed by atoms with Gasteiger partial charge in [0, 0.05) is 55.4 Å². The lowest BCUT2D eigenvalue weighted by Gasteiger charge is -2.20. The predicted octanol–water partition coefficient (Wildman–Crippen LogP) is 2.73. The third-order valence-electron chi connectivity index (χ3n) is 6.77. The van der Waals surface area contributed by atoms with Crippen molar-refractivity contribution >= 4 is 23.7 Å². The molecular weight excluding hydrogens is 424 g/mol. The molecule has 1 unspecified atom stereocenters. The van der Waals surface area contributed by atoms with Gasteiger partial charge in [-0.1, -0.05) is 6.07 Å². The molecule has 2 fully saturated rings. The highest BCUT2D eigenvalue weighted by molar-refractivity contribution is 5.85. The lowest BCUT2D eigenvalue weighted by Crippen LogP contribution is -2.26. The van der Waals surface area contributed by atoms with E-state index in [1.54, 1.807) is 9.20 Å². The summed E-state index contributed by atoms with van der Waals surface area (Å²) in [6.07, 6.45) is 7.53. The Balaban J connectivity index is 0.00000216. The molecule has 1 saturated carbocycles. The van der Waals surface area contributed by atoms with Crippen molar-refractivity contribution in [2.45, 2.75) is 0 Å². The van der Waals surface area contributed by atoms with Gasteiger partial charge in [0.15, 0.2) is 0 Å². The summed E-state index contributed by atoms with van der Waals surface area (Å²) < 4.78 is 3.53. The van der Waals surface area contributed by atoms with E-state index >= 15 is 0 Å². The van der Waals surface area contributed by atoms with Crippen LogP contribution in [0.2, 0.25) is 0 Å². The van der Waals surface area contributed by atoms with E-state index in [9.17, 15) is 5.26 Å². The summed E-state index contributed by atoms with van der Waals surface area (Å²) in [5.41, 5.74) is 10.7. The Morgan fingerprint density at radius 2 is 1.84 bits per heavy atom. The summed E-state index contributed by atoms with van der Waals surface area (Å²) in [6.45, 7) is 2.87. The van der Waals surface area contributed by atoms with E-state index < -0.39 is 0 Å². The van der Waals surface area contributed by atoms with Gasteiger partial charge < -0.3 is 10.6 Å². The minimum absolute atomic E-state index is 0. The number of aryl methyl sites for hydroxylation is 1. The number of nitriles is 1. The smallest absolute Gasteiger partial charge is 0.128 e. The Hall–Kier alpha value is -3.41.